The Balaban J connectivity index is 1.61. The maximum absolute atomic E-state index is 13.5. The second kappa shape index (κ2) is 14.2. The van der Waals surface area contributed by atoms with Crippen LogP contribution in [-0.4, -0.2) is 65.0 Å². The molecule has 0 bridgehead atoms. The minimum atomic E-state index is -0.963. The summed E-state index contributed by atoms with van der Waals surface area (Å²) >= 11 is 1.59. The summed E-state index contributed by atoms with van der Waals surface area (Å²) in [5.41, 5.74) is 2.80. The number of nitrogens with zero attached hydrogens (tertiary/aromatic N) is 1. The Morgan fingerprint density at radius 3 is 2.45 bits per heavy atom. The maximum atomic E-state index is 13.5. The normalized spacial score (nSPS) is 16.2. The van der Waals surface area contributed by atoms with Gasteiger partial charge in [-0.25, -0.2) is 4.79 Å². The first kappa shape index (κ1) is 31.0. The minimum absolute atomic E-state index is 0.0786. The van der Waals surface area contributed by atoms with Crippen molar-refractivity contribution in [3.63, 3.8) is 0 Å². The van der Waals surface area contributed by atoms with Crippen molar-refractivity contribution in [1.29, 1.82) is 0 Å². The summed E-state index contributed by atoms with van der Waals surface area (Å²) in [5.74, 6) is -0.953. The number of hydrogen-bond acceptors (Lipinski definition) is 5. The number of piperidine rings is 1. The molecule has 40 heavy (non-hydrogen) atoms. The monoisotopic (exact) mass is 568 g/mol. The molecule has 2 aromatic carbocycles. The van der Waals surface area contributed by atoms with Gasteiger partial charge in [0.05, 0.1) is 13.0 Å². The summed E-state index contributed by atoms with van der Waals surface area (Å²) in [5, 5.41) is 17.7. The zero-order valence-electron chi connectivity index (χ0n) is 23.7. The molecule has 0 saturated carbocycles. The van der Waals surface area contributed by atoms with Crippen LogP contribution in [0.1, 0.15) is 50.7 Å². The van der Waals surface area contributed by atoms with Gasteiger partial charge in [0.1, 0.15) is 0 Å². The lowest BCUT2D eigenvalue weighted by Gasteiger charge is -2.41. The van der Waals surface area contributed by atoms with Crippen molar-refractivity contribution >= 4 is 47.0 Å². The number of amides is 4. The van der Waals surface area contributed by atoms with Gasteiger partial charge in [-0.15, -0.1) is 0 Å². The molecule has 4 amide bonds. The van der Waals surface area contributed by atoms with E-state index in [9.17, 15) is 24.3 Å². The second-order valence-corrected chi connectivity index (χ2v) is 11.8. The number of nitrogens with one attached hydrogen (secondary N) is 3. The molecule has 4 N–H and O–H groups in total. The van der Waals surface area contributed by atoms with E-state index in [0.29, 0.717) is 25.1 Å². The highest BCUT2D eigenvalue weighted by molar-refractivity contribution is 7.98. The highest BCUT2D eigenvalue weighted by Gasteiger charge is 2.41. The number of urea groups is 1. The van der Waals surface area contributed by atoms with Crippen LogP contribution < -0.4 is 16.0 Å². The van der Waals surface area contributed by atoms with Crippen molar-refractivity contribution in [3.8, 4) is 0 Å². The van der Waals surface area contributed by atoms with Crippen LogP contribution in [0.5, 0.6) is 0 Å². The van der Waals surface area contributed by atoms with Crippen LogP contribution in [0.3, 0.4) is 0 Å². The van der Waals surface area contributed by atoms with Gasteiger partial charge >= 0.3 is 12.0 Å². The lowest BCUT2D eigenvalue weighted by molar-refractivity contribution is -0.144. The number of aryl methyl sites for hydroxylation is 1. The minimum Gasteiger partial charge on any atom is -0.481 e. The second-order valence-electron chi connectivity index (χ2n) is 10.8. The summed E-state index contributed by atoms with van der Waals surface area (Å²) < 4.78 is 0. The summed E-state index contributed by atoms with van der Waals surface area (Å²) in [6.07, 6.45) is 3.83. The number of likely N-dealkylation sites (tertiary alicyclic amines) is 1. The molecule has 0 spiro atoms. The maximum Gasteiger partial charge on any atom is 0.323 e. The predicted molar refractivity (Wildman–Crippen MR) is 160 cm³/mol. The molecular weight excluding hydrogens is 528 g/mol. The summed E-state index contributed by atoms with van der Waals surface area (Å²) in [7, 11) is 0. The van der Waals surface area contributed by atoms with Gasteiger partial charge in [-0.1, -0.05) is 44.2 Å². The number of rotatable bonds is 12. The fraction of sp³-hybridized carbons (Fsp3) is 0.467. The van der Waals surface area contributed by atoms with Crippen molar-refractivity contribution in [1.82, 2.24) is 10.2 Å². The molecule has 2 atom stereocenters. The molecule has 2 aromatic rings. The molecule has 1 fully saturated rings. The third-order valence-electron chi connectivity index (χ3n) is 7.47. The smallest absolute Gasteiger partial charge is 0.323 e. The van der Waals surface area contributed by atoms with Gasteiger partial charge in [-0.2, -0.15) is 11.8 Å². The van der Waals surface area contributed by atoms with Crippen LogP contribution in [0.15, 0.2) is 48.5 Å². The lowest BCUT2D eigenvalue weighted by atomic mass is 9.69. The summed E-state index contributed by atoms with van der Waals surface area (Å²) in [4.78, 5) is 51.5. The van der Waals surface area contributed by atoms with Gasteiger partial charge in [0, 0.05) is 35.3 Å². The number of carboxylic acids is 1. The molecule has 0 radical (unpaired) electrons. The topological polar surface area (TPSA) is 128 Å². The zero-order chi connectivity index (χ0) is 29.3. The van der Waals surface area contributed by atoms with Crippen LogP contribution >= 0.6 is 11.8 Å². The van der Waals surface area contributed by atoms with Gasteiger partial charge in [-0.05, 0) is 67.5 Å². The molecule has 0 aromatic heterocycles. The van der Waals surface area contributed by atoms with E-state index in [1.165, 1.54) is 0 Å². The SMILES string of the molecule is CSCCC(CC(=O)O)NC(=O)CN1CCCC(C(C)(C)c2ccc(NC(=O)Nc3ccccc3C)cc2)C1=O. The summed E-state index contributed by atoms with van der Waals surface area (Å²) in [6, 6.07) is 14.2. The zero-order valence-corrected chi connectivity index (χ0v) is 24.5. The number of carbonyl (C=O) groups is 4. The van der Waals surface area contributed by atoms with Gasteiger partial charge in [-0.3, -0.25) is 14.4 Å². The fourth-order valence-corrected chi connectivity index (χ4v) is 5.61. The third-order valence-corrected chi connectivity index (χ3v) is 8.12. The number of thioether (sulfide) groups is 1. The largest absolute Gasteiger partial charge is 0.481 e. The number of carboxylic acid groups (broad SMARTS) is 1. The number of para-hydroxylation sites is 1. The molecule has 1 heterocycles. The van der Waals surface area contributed by atoms with Gasteiger partial charge < -0.3 is 26.0 Å². The van der Waals surface area contributed by atoms with E-state index in [1.807, 2.05) is 75.6 Å². The Hall–Kier alpha value is -3.53. The van der Waals surface area contributed by atoms with Crippen molar-refractivity contribution in [2.24, 2.45) is 5.92 Å². The Morgan fingerprint density at radius 2 is 1.80 bits per heavy atom. The molecule has 10 heteroatoms. The number of aliphatic carboxylic acids is 1. The average molecular weight is 569 g/mol. The van der Waals surface area contributed by atoms with E-state index in [-0.39, 0.29) is 36.7 Å². The van der Waals surface area contributed by atoms with Crippen LogP contribution in [0, 0.1) is 12.8 Å². The van der Waals surface area contributed by atoms with Crippen molar-refractivity contribution < 1.29 is 24.3 Å². The van der Waals surface area contributed by atoms with E-state index < -0.39 is 17.4 Å². The van der Waals surface area contributed by atoms with E-state index >= 15 is 0 Å². The molecule has 1 saturated heterocycles. The standard InChI is InChI=1S/C30H40N4O5S/c1-20-8-5-6-10-25(20)33-29(39)32-22-13-11-21(12-14-22)30(2,3)24-9-7-16-34(28(24)38)19-26(35)31-23(15-17-40-4)18-27(36)37/h5-6,8,10-14,23-24H,7,9,15-19H2,1-4H3,(H,31,35)(H,36,37)(H2,32,33,39). The first-order chi connectivity index (χ1) is 19.0. The van der Waals surface area contributed by atoms with Gasteiger partial charge in [0.25, 0.3) is 0 Å². The molecule has 9 nitrogen and oxygen atoms in total. The highest BCUT2D eigenvalue weighted by Crippen LogP contribution is 2.38. The van der Waals surface area contributed by atoms with Crippen LogP contribution in [-0.2, 0) is 19.8 Å². The van der Waals surface area contributed by atoms with Crippen molar-refractivity contribution in [2.75, 3.05) is 35.7 Å². The summed E-state index contributed by atoms with van der Waals surface area (Å²) in [6.45, 7) is 6.39. The van der Waals surface area contributed by atoms with Crippen LogP contribution in [0.4, 0.5) is 16.2 Å². The van der Waals surface area contributed by atoms with Crippen molar-refractivity contribution in [3.05, 3.63) is 59.7 Å². The predicted octanol–water partition coefficient (Wildman–Crippen LogP) is 4.87. The quantitative estimate of drug-likeness (QED) is 0.289. The van der Waals surface area contributed by atoms with Crippen LogP contribution in [0.2, 0.25) is 0 Å². The molecule has 1 aliphatic heterocycles. The molecule has 1 aliphatic rings. The number of hydrogen-bond donors (Lipinski definition) is 4. The van der Waals surface area contributed by atoms with E-state index in [2.05, 4.69) is 16.0 Å². The van der Waals surface area contributed by atoms with Crippen LogP contribution in [0.25, 0.3) is 0 Å². The lowest BCUT2D eigenvalue weighted by Crippen LogP contribution is -2.52. The Labute approximate surface area is 240 Å². The average Bonchev–Trinajstić information content (AvgIpc) is 2.89. The number of carbonyl (C=O) groups excluding carboxylic acids is 3. The molecule has 3 rings (SSSR count). The molecule has 2 unspecified atom stereocenters. The van der Waals surface area contributed by atoms with Gasteiger partial charge in [0.15, 0.2) is 0 Å². The molecular formula is C30H40N4O5S. The van der Waals surface area contributed by atoms with E-state index in [0.717, 1.165) is 29.0 Å². The fourth-order valence-electron chi connectivity index (χ4n) is 5.09. The van der Waals surface area contributed by atoms with E-state index in [4.69, 9.17) is 0 Å². The first-order valence-corrected chi connectivity index (χ1v) is 14.9. The van der Waals surface area contributed by atoms with Crippen molar-refractivity contribution in [2.45, 2.75) is 57.9 Å². The number of anilines is 2. The molecule has 0 aliphatic carbocycles. The highest BCUT2D eigenvalue weighted by atomic mass is 32.2. The molecule has 216 valence electrons. The Bertz CT molecular complexity index is 1200. The van der Waals surface area contributed by atoms with Gasteiger partial charge in [0.2, 0.25) is 11.8 Å². The number of benzene rings is 2. The first-order valence-electron chi connectivity index (χ1n) is 13.5. The third kappa shape index (κ3) is 8.48. The van der Waals surface area contributed by atoms with E-state index in [1.54, 1.807) is 16.7 Å². The Morgan fingerprint density at radius 1 is 1.10 bits per heavy atom. The Kier molecular flexibility index (Phi) is 11.0.